The summed E-state index contributed by atoms with van der Waals surface area (Å²) in [6, 6.07) is 13.1. The van der Waals surface area contributed by atoms with Crippen molar-refractivity contribution in [2.75, 3.05) is 13.6 Å². The summed E-state index contributed by atoms with van der Waals surface area (Å²) in [7, 11) is 1.93. The van der Waals surface area contributed by atoms with Gasteiger partial charge < -0.3 is 5.32 Å². The number of halogens is 3. The third kappa shape index (κ3) is 4.05. The van der Waals surface area contributed by atoms with Crippen molar-refractivity contribution in [3.05, 3.63) is 68.9 Å². The first-order valence-electron chi connectivity index (χ1n) is 6.44. The first-order valence-corrected chi connectivity index (χ1v) is 7.61. The van der Waals surface area contributed by atoms with Crippen molar-refractivity contribution in [1.82, 2.24) is 5.32 Å². The molecule has 1 N–H and O–H groups in total. The largest absolute Gasteiger partial charge is 0.319 e. The molecule has 0 saturated heterocycles. The standard InChI is InChI=1S/C16H16BrClFN/c1-20-10-13(12-3-5-14(18)6-4-12)8-11-2-7-16(19)15(17)9-11/h2-7,9,13,20H,8,10H2,1H3. The minimum absolute atomic E-state index is 0.231. The van der Waals surface area contributed by atoms with Crippen LogP contribution in [0.1, 0.15) is 17.0 Å². The summed E-state index contributed by atoms with van der Waals surface area (Å²) in [5.41, 5.74) is 2.33. The van der Waals surface area contributed by atoms with Crippen molar-refractivity contribution in [3.63, 3.8) is 0 Å². The third-order valence-corrected chi connectivity index (χ3v) is 4.12. The Morgan fingerprint density at radius 3 is 2.50 bits per heavy atom. The molecule has 0 amide bonds. The highest BCUT2D eigenvalue weighted by molar-refractivity contribution is 9.10. The number of hydrogen-bond acceptors (Lipinski definition) is 1. The molecule has 0 bridgehead atoms. The highest BCUT2D eigenvalue weighted by Gasteiger charge is 2.12. The van der Waals surface area contributed by atoms with Gasteiger partial charge in [-0.15, -0.1) is 0 Å². The van der Waals surface area contributed by atoms with Crippen molar-refractivity contribution >= 4 is 27.5 Å². The van der Waals surface area contributed by atoms with E-state index < -0.39 is 0 Å². The van der Waals surface area contributed by atoms with Gasteiger partial charge in [-0.05, 0) is 64.8 Å². The first-order chi connectivity index (χ1) is 9.60. The fourth-order valence-electron chi connectivity index (χ4n) is 2.24. The summed E-state index contributed by atoms with van der Waals surface area (Å²) in [6.07, 6.45) is 0.849. The molecule has 4 heteroatoms. The Labute approximate surface area is 132 Å². The Hall–Kier alpha value is -0.900. The topological polar surface area (TPSA) is 12.0 Å². The summed E-state index contributed by atoms with van der Waals surface area (Å²) in [5, 5.41) is 3.95. The maximum Gasteiger partial charge on any atom is 0.137 e. The summed E-state index contributed by atoms with van der Waals surface area (Å²) in [4.78, 5) is 0. The number of likely N-dealkylation sites (N-methyl/N-ethyl adjacent to an activating group) is 1. The molecule has 0 spiro atoms. The van der Waals surface area contributed by atoms with Gasteiger partial charge in [0.15, 0.2) is 0 Å². The van der Waals surface area contributed by atoms with Gasteiger partial charge in [-0.3, -0.25) is 0 Å². The lowest BCUT2D eigenvalue weighted by atomic mass is 9.92. The molecule has 2 aromatic rings. The molecule has 0 aliphatic carbocycles. The molecule has 1 unspecified atom stereocenters. The van der Waals surface area contributed by atoms with Crippen molar-refractivity contribution in [3.8, 4) is 0 Å². The van der Waals surface area contributed by atoms with E-state index in [1.807, 2.05) is 43.4 Å². The minimum atomic E-state index is -0.231. The maximum absolute atomic E-state index is 13.3. The molecule has 0 fully saturated rings. The number of hydrogen-bond donors (Lipinski definition) is 1. The molecule has 0 radical (unpaired) electrons. The van der Waals surface area contributed by atoms with Gasteiger partial charge in [0.2, 0.25) is 0 Å². The summed E-state index contributed by atoms with van der Waals surface area (Å²) >= 11 is 9.16. The van der Waals surface area contributed by atoms with Gasteiger partial charge >= 0.3 is 0 Å². The fraction of sp³-hybridized carbons (Fsp3) is 0.250. The normalized spacial score (nSPS) is 12.4. The van der Waals surface area contributed by atoms with E-state index in [1.54, 1.807) is 0 Å². The van der Waals surface area contributed by atoms with E-state index in [9.17, 15) is 4.39 Å². The van der Waals surface area contributed by atoms with Crippen LogP contribution in [0.25, 0.3) is 0 Å². The molecule has 1 atom stereocenters. The molecule has 1 nitrogen and oxygen atoms in total. The van der Waals surface area contributed by atoms with E-state index in [1.165, 1.54) is 11.6 Å². The summed E-state index contributed by atoms with van der Waals surface area (Å²) < 4.78 is 13.8. The Balaban J connectivity index is 2.20. The quantitative estimate of drug-likeness (QED) is 0.812. The zero-order chi connectivity index (χ0) is 14.5. The predicted molar refractivity (Wildman–Crippen MR) is 85.9 cm³/mol. The molecule has 20 heavy (non-hydrogen) atoms. The van der Waals surface area contributed by atoms with Crippen molar-refractivity contribution in [1.29, 1.82) is 0 Å². The molecule has 0 aliphatic rings. The summed E-state index contributed by atoms with van der Waals surface area (Å²) in [5.74, 6) is 0.0973. The van der Waals surface area contributed by atoms with E-state index in [0.29, 0.717) is 10.4 Å². The maximum atomic E-state index is 13.3. The van der Waals surface area contributed by atoms with Crippen LogP contribution in [0.4, 0.5) is 4.39 Å². The van der Waals surface area contributed by atoms with Gasteiger partial charge in [-0.25, -0.2) is 4.39 Å². The van der Waals surface area contributed by atoms with Crippen LogP contribution < -0.4 is 5.32 Å². The first kappa shape index (κ1) is 15.5. The average molecular weight is 357 g/mol. The Bertz CT molecular complexity index is 571. The van der Waals surface area contributed by atoms with Crippen LogP contribution in [0.5, 0.6) is 0 Å². The monoisotopic (exact) mass is 355 g/mol. The Morgan fingerprint density at radius 1 is 1.20 bits per heavy atom. The van der Waals surface area contributed by atoms with Gasteiger partial charge in [0.05, 0.1) is 4.47 Å². The molecule has 2 rings (SSSR count). The predicted octanol–water partition coefficient (Wildman–Crippen LogP) is 4.79. The lowest BCUT2D eigenvalue weighted by molar-refractivity contribution is 0.611. The van der Waals surface area contributed by atoms with E-state index in [4.69, 9.17) is 11.6 Å². The van der Waals surface area contributed by atoms with Crippen LogP contribution in [0.2, 0.25) is 5.02 Å². The van der Waals surface area contributed by atoms with Crippen LogP contribution in [0, 0.1) is 5.82 Å². The second kappa shape index (κ2) is 7.21. The molecular weight excluding hydrogens is 341 g/mol. The second-order valence-electron chi connectivity index (χ2n) is 4.76. The Kier molecular flexibility index (Phi) is 5.58. The van der Waals surface area contributed by atoms with E-state index in [2.05, 4.69) is 21.2 Å². The second-order valence-corrected chi connectivity index (χ2v) is 6.05. The molecule has 0 aliphatic heterocycles. The van der Waals surface area contributed by atoms with Crippen molar-refractivity contribution < 1.29 is 4.39 Å². The highest BCUT2D eigenvalue weighted by atomic mass is 79.9. The van der Waals surface area contributed by atoms with Crippen molar-refractivity contribution in [2.45, 2.75) is 12.3 Å². The molecule has 106 valence electrons. The molecular formula is C16H16BrClFN. The summed E-state index contributed by atoms with van der Waals surface area (Å²) in [6.45, 7) is 0.858. The lowest BCUT2D eigenvalue weighted by Gasteiger charge is -2.17. The van der Waals surface area contributed by atoms with Gasteiger partial charge in [0.1, 0.15) is 5.82 Å². The number of rotatable bonds is 5. The van der Waals surface area contributed by atoms with Gasteiger partial charge in [0.25, 0.3) is 0 Å². The molecule has 2 aromatic carbocycles. The van der Waals surface area contributed by atoms with Crippen LogP contribution in [-0.2, 0) is 6.42 Å². The minimum Gasteiger partial charge on any atom is -0.319 e. The smallest absolute Gasteiger partial charge is 0.137 e. The van der Waals surface area contributed by atoms with Crippen LogP contribution in [0.15, 0.2) is 46.9 Å². The van der Waals surface area contributed by atoms with Crippen LogP contribution in [-0.4, -0.2) is 13.6 Å². The van der Waals surface area contributed by atoms with Crippen LogP contribution >= 0.6 is 27.5 Å². The molecule has 0 heterocycles. The van der Waals surface area contributed by atoms with E-state index >= 15 is 0 Å². The average Bonchev–Trinajstić information content (AvgIpc) is 2.43. The zero-order valence-corrected chi connectivity index (χ0v) is 13.5. The van der Waals surface area contributed by atoms with Gasteiger partial charge in [0, 0.05) is 17.5 Å². The molecule has 0 aromatic heterocycles. The van der Waals surface area contributed by atoms with Crippen LogP contribution in [0.3, 0.4) is 0 Å². The fourth-order valence-corrected chi connectivity index (χ4v) is 2.79. The lowest BCUT2D eigenvalue weighted by Crippen LogP contribution is -2.19. The number of benzene rings is 2. The third-order valence-electron chi connectivity index (χ3n) is 3.26. The van der Waals surface area contributed by atoms with Gasteiger partial charge in [-0.2, -0.15) is 0 Å². The van der Waals surface area contributed by atoms with Gasteiger partial charge in [-0.1, -0.05) is 29.8 Å². The van der Waals surface area contributed by atoms with E-state index in [-0.39, 0.29) is 5.82 Å². The number of nitrogens with one attached hydrogen (secondary N) is 1. The highest BCUT2D eigenvalue weighted by Crippen LogP contribution is 2.24. The SMILES string of the molecule is CNCC(Cc1ccc(F)c(Br)c1)c1ccc(Cl)cc1. The molecule has 0 saturated carbocycles. The zero-order valence-electron chi connectivity index (χ0n) is 11.2. The van der Waals surface area contributed by atoms with E-state index in [0.717, 1.165) is 23.6 Å². The van der Waals surface area contributed by atoms with Crippen molar-refractivity contribution in [2.24, 2.45) is 0 Å². The Morgan fingerprint density at radius 2 is 1.90 bits per heavy atom.